The molecular weight excluding hydrogens is 262 g/mol. The van der Waals surface area contributed by atoms with Gasteiger partial charge in [0.25, 0.3) is 5.92 Å². The van der Waals surface area contributed by atoms with E-state index >= 15 is 0 Å². The fraction of sp³-hybridized carbons (Fsp3) is 0.933. The minimum Gasteiger partial charge on any atom is -0.341 e. The van der Waals surface area contributed by atoms with Crippen LogP contribution in [0.1, 0.15) is 46.5 Å². The smallest absolute Gasteiger partial charge is 0.262 e. The van der Waals surface area contributed by atoms with Crippen molar-refractivity contribution in [1.82, 2.24) is 10.2 Å². The number of hydrogen-bond donors (Lipinski definition) is 1. The van der Waals surface area contributed by atoms with Crippen LogP contribution in [0.5, 0.6) is 0 Å². The molecule has 0 aliphatic carbocycles. The number of carbonyl (C=O) groups excluding carboxylic acids is 1. The van der Waals surface area contributed by atoms with E-state index in [9.17, 15) is 13.6 Å². The lowest BCUT2D eigenvalue weighted by Gasteiger charge is -2.30. The molecule has 2 atom stereocenters. The molecule has 0 spiro atoms. The lowest BCUT2D eigenvalue weighted by Crippen LogP contribution is -2.44. The van der Waals surface area contributed by atoms with Crippen molar-refractivity contribution < 1.29 is 13.6 Å². The van der Waals surface area contributed by atoms with Crippen LogP contribution in [-0.2, 0) is 4.79 Å². The molecule has 2 aliphatic rings. The first-order valence-corrected chi connectivity index (χ1v) is 7.59. The number of amides is 1. The molecule has 2 rings (SSSR count). The topological polar surface area (TPSA) is 32.3 Å². The van der Waals surface area contributed by atoms with E-state index in [0.29, 0.717) is 19.0 Å². The highest BCUT2D eigenvalue weighted by molar-refractivity contribution is 5.82. The van der Waals surface area contributed by atoms with Gasteiger partial charge in [-0.15, -0.1) is 0 Å². The first kappa shape index (κ1) is 15.7. The molecule has 2 fully saturated rings. The van der Waals surface area contributed by atoms with E-state index in [1.807, 2.05) is 0 Å². The van der Waals surface area contributed by atoms with Crippen LogP contribution in [-0.4, -0.2) is 42.4 Å². The molecule has 2 aliphatic heterocycles. The normalized spacial score (nSPS) is 31.1. The van der Waals surface area contributed by atoms with Gasteiger partial charge in [-0.05, 0) is 30.6 Å². The molecule has 20 heavy (non-hydrogen) atoms. The van der Waals surface area contributed by atoms with Crippen molar-refractivity contribution in [2.45, 2.75) is 58.4 Å². The molecule has 2 unspecified atom stereocenters. The number of alkyl halides is 2. The van der Waals surface area contributed by atoms with Gasteiger partial charge in [0, 0.05) is 19.5 Å². The third kappa shape index (κ3) is 3.68. The van der Waals surface area contributed by atoms with Crippen molar-refractivity contribution >= 4 is 5.91 Å². The Kier molecular flexibility index (Phi) is 4.38. The van der Waals surface area contributed by atoms with Crippen molar-refractivity contribution in [3.8, 4) is 0 Å². The van der Waals surface area contributed by atoms with Crippen LogP contribution in [0.15, 0.2) is 0 Å². The standard InChI is InChI=1S/C15H26F2N2O/c1-14(2,3)11-5-4-7-19(8-6-11)13(20)12-9-15(16,17)10-18-12/h11-12,18H,4-10H2,1-3H3. The lowest BCUT2D eigenvalue weighted by atomic mass is 9.77. The second-order valence-electron chi connectivity index (χ2n) is 7.31. The zero-order valence-corrected chi connectivity index (χ0v) is 12.7. The molecular formula is C15H26F2N2O. The molecule has 2 saturated heterocycles. The average molecular weight is 288 g/mol. The fourth-order valence-corrected chi connectivity index (χ4v) is 3.29. The minimum atomic E-state index is -2.74. The maximum atomic E-state index is 13.2. The summed E-state index contributed by atoms with van der Waals surface area (Å²) in [6.45, 7) is 7.72. The van der Waals surface area contributed by atoms with Gasteiger partial charge in [-0.1, -0.05) is 20.8 Å². The first-order chi connectivity index (χ1) is 9.19. The highest BCUT2D eigenvalue weighted by Crippen LogP contribution is 2.34. The summed E-state index contributed by atoms with van der Waals surface area (Å²) in [5, 5.41) is 2.66. The van der Waals surface area contributed by atoms with E-state index in [0.717, 1.165) is 19.3 Å². The van der Waals surface area contributed by atoms with E-state index in [2.05, 4.69) is 26.1 Å². The van der Waals surface area contributed by atoms with Crippen molar-refractivity contribution in [2.75, 3.05) is 19.6 Å². The van der Waals surface area contributed by atoms with Gasteiger partial charge >= 0.3 is 0 Å². The van der Waals surface area contributed by atoms with Crippen LogP contribution < -0.4 is 5.32 Å². The quantitative estimate of drug-likeness (QED) is 0.804. The van der Waals surface area contributed by atoms with Crippen LogP contribution >= 0.6 is 0 Å². The molecule has 1 amide bonds. The van der Waals surface area contributed by atoms with Crippen molar-refractivity contribution in [1.29, 1.82) is 0 Å². The fourth-order valence-electron chi connectivity index (χ4n) is 3.29. The number of rotatable bonds is 1. The summed E-state index contributed by atoms with van der Waals surface area (Å²) < 4.78 is 26.4. The Morgan fingerprint density at radius 2 is 1.95 bits per heavy atom. The maximum Gasteiger partial charge on any atom is 0.262 e. The Labute approximate surface area is 120 Å². The highest BCUT2D eigenvalue weighted by atomic mass is 19.3. The number of carbonyl (C=O) groups is 1. The Hall–Kier alpha value is -0.710. The molecule has 116 valence electrons. The van der Waals surface area contributed by atoms with Gasteiger partial charge in [0.2, 0.25) is 5.91 Å². The molecule has 0 saturated carbocycles. The molecule has 0 aromatic carbocycles. The molecule has 0 radical (unpaired) electrons. The summed E-state index contributed by atoms with van der Waals surface area (Å²) in [7, 11) is 0. The number of halogens is 2. The summed E-state index contributed by atoms with van der Waals surface area (Å²) in [6.07, 6.45) is 2.70. The van der Waals surface area contributed by atoms with Gasteiger partial charge in [-0.25, -0.2) is 8.78 Å². The number of hydrogen-bond acceptors (Lipinski definition) is 2. The van der Waals surface area contributed by atoms with Crippen molar-refractivity contribution in [2.24, 2.45) is 11.3 Å². The molecule has 5 heteroatoms. The predicted octanol–water partition coefficient (Wildman–Crippen LogP) is 2.66. The molecule has 0 aromatic heterocycles. The van der Waals surface area contributed by atoms with Crippen LogP contribution in [0.4, 0.5) is 8.78 Å². The molecule has 0 bridgehead atoms. The first-order valence-electron chi connectivity index (χ1n) is 7.59. The van der Waals surface area contributed by atoms with E-state index < -0.39 is 12.0 Å². The van der Waals surface area contributed by atoms with Gasteiger partial charge in [-0.2, -0.15) is 0 Å². The summed E-state index contributed by atoms with van der Waals surface area (Å²) >= 11 is 0. The van der Waals surface area contributed by atoms with E-state index in [1.54, 1.807) is 4.90 Å². The summed E-state index contributed by atoms with van der Waals surface area (Å²) in [4.78, 5) is 14.1. The molecule has 0 aromatic rings. The SMILES string of the molecule is CC(C)(C)C1CCCN(C(=O)C2CC(F)(F)CN2)CC1. The molecule has 1 N–H and O–H groups in total. The average Bonchev–Trinajstić information content (AvgIpc) is 2.56. The third-order valence-electron chi connectivity index (χ3n) is 4.67. The Bertz CT molecular complexity index is 365. The van der Waals surface area contributed by atoms with Crippen LogP contribution in [0.25, 0.3) is 0 Å². The zero-order valence-electron chi connectivity index (χ0n) is 12.7. The number of likely N-dealkylation sites (tertiary alicyclic amines) is 1. The Morgan fingerprint density at radius 1 is 1.25 bits per heavy atom. The second-order valence-corrected chi connectivity index (χ2v) is 7.31. The van der Waals surface area contributed by atoms with Gasteiger partial charge < -0.3 is 4.90 Å². The number of nitrogens with zero attached hydrogens (tertiary/aromatic N) is 1. The van der Waals surface area contributed by atoms with Crippen LogP contribution in [0, 0.1) is 11.3 Å². The van der Waals surface area contributed by atoms with E-state index in [1.165, 1.54) is 0 Å². The van der Waals surface area contributed by atoms with Crippen LogP contribution in [0.2, 0.25) is 0 Å². The minimum absolute atomic E-state index is 0.142. The van der Waals surface area contributed by atoms with Gasteiger partial charge in [0.05, 0.1) is 12.6 Å². The monoisotopic (exact) mass is 288 g/mol. The Morgan fingerprint density at radius 3 is 2.50 bits per heavy atom. The van der Waals surface area contributed by atoms with E-state index in [-0.39, 0.29) is 24.3 Å². The second kappa shape index (κ2) is 5.58. The molecule has 2 heterocycles. The largest absolute Gasteiger partial charge is 0.341 e. The predicted molar refractivity (Wildman–Crippen MR) is 74.7 cm³/mol. The summed E-state index contributed by atoms with van der Waals surface area (Å²) in [5.41, 5.74) is 0.248. The maximum absolute atomic E-state index is 13.2. The van der Waals surface area contributed by atoms with Gasteiger partial charge in [-0.3, -0.25) is 10.1 Å². The third-order valence-corrected chi connectivity index (χ3v) is 4.67. The van der Waals surface area contributed by atoms with Crippen LogP contribution in [0.3, 0.4) is 0 Å². The summed E-state index contributed by atoms with van der Waals surface area (Å²) in [6, 6.07) is -0.698. The van der Waals surface area contributed by atoms with E-state index in [4.69, 9.17) is 0 Å². The Balaban J connectivity index is 1.92. The number of nitrogens with one attached hydrogen (secondary N) is 1. The van der Waals surface area contributed by atoms with Crippen molar-refractivity contribution in [3.63, 3.8) is 0 Å². The van der Waals surface area contributed by atoms with Crippen molar-refractivity contribution in [3.05, 3.63) is 0 Å². The van der Waals surface area contributed by atoms with Gasteiger partial charge in [0.15, 0.2) is 0 Å². The summed E-state index contributed by atoms with van der Waals surface area (Å²) in [5.74, 6) is -2.28. The molecule has 3 nitrogen and oxygen atoms in total. The lowest BCUT2D eigenvalue weighted by molar-refractivity contribution is -0.133. The van der Waals surface area contributed by atoms with Gasteiger partial charge in [0.1, 0.15) is 0 Å². The highest BCUT2D eigenvalue weighted by Gasteiger charge is 2.43. The zero-order chi connectivity index (χ0) is 15.0.